The molecule has 1 fully saturated rings. The number of piperidine rings is 1. The highest BCUT2D eigenvalue weighted by atomic mass is 19.1. The van der Waals surface area contributed by atoms with Crippen molar-refractivity contribution in [1.29, 1.82) is 0 Å². The lowest BCUT2D eigenvalue weighted by Gasteiger charge is -2.32. The number of anilines is 1. The van der Waals surface area contributed by atoms with Gasteiger partial charge < -0.3 is 10.2 Å². The minimum atomic E-state index is -0.303. The monoisotopic (exact) mass is 395 g/mol. The maximum absolute atomic E-state index is 13.0. The standard InChI is InChI=1S/C21H22FN5O2/c1-26-18-17(5-2-10-23-18)25-19(21(26)29)27-11-3-4-15(13-27)20(28)24-12-14-6-8-16(22)9-7-14/h2,5-10,15H,3-4,11-13H2,1H3,(H,24,28). The van der Waals surface area contributed by atoms with Crippen molar-refractivity contribution >= 4 is 22.9 Å². The molecule has 1 aliphatic rings. The summed E-state index contributed by atoms with van der Waals surface area (Å²) in [6.07, 6.45) is 3.18. The SMILES string of the molecule is Cn1c(=O)c(N2CCCC(C(=O)NCc3ccc(F)cc3)C2)nc2cccnc21. The van der Waals surface area contributed by atoms with Gasteiger partial charge in [-0.1, -0.05) is 12.1 Å². The van der Waals surface area contributed by atoms with E-state index in [9.17, 15) is 14.0 Å². The molecule has 1 aliphatic heterocycles. The molecule has 3 heterocycles. The number of aryl methyl sites for hydroxylation is 1. The van der Waals surface area contributed by atoms with Crippen LogP contribution in [0, 0.1) is 11.7 Å². The Morgan fingerprint density at radius 1 is 1.28 bits per heavy atom. The van der Waals surface area contributed by atoms with Crippen molar-refractivity contribution in [3.63, 3.8) is 0 Å². The third kappa shape index (κ3) is 3.96. The Morgan fingerprint density at radius 3 is 2.86 bits per heavy atom. The molecule has 1 unspecified atom stereocenters. The summed E-state index contributed by atoms with van der Waals surface area (Å²) in [4.78, 5) is 36.1. The third-order valence-corrected chi connectivity index (χ3v) is 5.28. The molecule has 8 heteroatoms. The van der Waals surface area contributed by atoms with Gasteiger partial charge in [0.15, 0.2) is 11.5 Å². The molecule has 29 heavy (non-hydrogen) atoms. The van der Waals surface area contributed by atoms with E-state index in [2.05, 4.69) is 15.3 Å². The number of carbonyl (C=O) groups is 1. The van der Waals surface area contributed by atoms with Crippen LogP contribution in [0.15, 0.2) is 47.4 Å². The van der Waals surface area contributed by atoms with Crippen LogP contribution in [0.5, 0.6) is 0 Å². The number of aromatic nitrogens is 3. The fourth-order valence-corrected chi connectivity index (χ4v) is 3.67. The van der Waals surface area contributed by atoms with Gasteiger partial charge in [0, 0.05) is 32.9 Å². The zero-order chi connectivity index (χ0) is 20.4. The van der Waals surface area contributed by atoms with E-state index in [1.54, 1.807) is 31.4 Å². The quantitative estimate of drug-likeness (QED) is 0.731. The predicted molar refractivity (Wildman–Crippen MR) is 108 cm³/mol. The van der Waals surface area contributed by atoms with Gasteiger partial charge in [0.25, 0.3) is 5.56 Å². The third-order valence-electron chi connectivity index (χ3n) is 5.28. The Bertz CT molecular complexity index is 1100. The van der Waals surface area contributed by atoms with E-state index < -0.39 is 0 Å². The summed E-state index contributed by atoms with van der Waals surface area (Å²) in [6, 6.07) is 9.66. The number of hydrogen-bond donors (Lipinski definition) is 1. The van der Waals surface area contributed by atoms with E-state index >= 15 is 0 Å². The van der Waals surface area contributed by atoms with Gasteiger partial charge in [-0.3, -0.25) is 14.2 Å². The van der Waals surface area contributed by atoms with Gasteiger partial charge in [-0.25, -0.2) is 14.4 Å². The first kappa shape index (κ1) is 19.0. The summed E-state index contributed by atoms with van der Waals surface area (Å²) < 4.78 is 14.5. The minimum absolute atomic E-state index is 0.0710. The second kappa shape index (κ2) is 7.98. The fraction of sp³-hybridized carbons (Fsp3) is 0.333. The average Bonchev–Trinajstić information content (AvgIpc) is 2.75. The van der Waals surface area contributed by atoms with Crippen LogP contribution in [0.3, 0.4) is 0 Å². The smallest absolute Gasteiger partial charge is 0.294 e. The van der Waals surface area contributed by atoms with Crippen molar-refractivity contribution in [3.8, 4) is 0 Å². The van der Waals surface area contributed by atoms with Crippen LogP contribution >= 0.6 is 0 Å². The largest absolute Gasteiger partial charge is 0.352 e. The second-order valence-corrected chi connectivity index (χ2v) is 7.28. The molecule has 0 aliphatic carbocycles. The van der Waals surface area contributed by atoms with Crippen LogP contribution in [0.2, 0.25) is 0 Å². The average molecular weight is 395 g/mol. The summed E-state index contributed by atoms with van der Waals surface area (Å²) in [5.41, 5.74) is 1.80. The lowest BCUT2D eigenvalue weighted by Crippen LogP contribution is -2.45. The van der Waals surface area contributed by atoms with Crippen LogP contribution in [0.1, 0.15) is 18.4 Å². The van der Waals surface area contributed by atoms with Crippen molar-refractivity contribution in [2.75, 3.05) is 18.0 Å². The van der Waals surface area contributed by atoms with E-state index in [1.807, 2.05) is 11.0 Å². The lowest BCUT2D eigenvalue weighted by atomic mass is 9.97. The topological polar surface area (TPSA) is 80.1 Å². The summed E-state index contributed by atoms with van der Waals surface area (Å²) in [7, 11) is 1.68. The number of amides is 1. The van der Waals surface area contributed by atoms with Crippen molar-refractivity contribution in [2.24, 2.45) is 13.0 Å². The molecule has 150 valence electrons. The summed E-state index contributed by atoms with van der Waals surface area (Å²) in [5.74, 6) is -0.259. The van der Waals surface area contributed by atoms with E-state index in [0.717, 1.165) is 18.4 Å². The molecular weight excluding hydrogens is 373 g/mol. The normalized spacial score (nSPS) is 16.8. The summed E-state index contributed by atoms with van der Waals surface area (Å²) in [6.45, 7) is 1.45. The van der Waals surface area contributed by atoms with E-state index in [0.29, 0.717) is 36.6 Å². The van der Waals surface area contributed by atoms with Crippen molar-refractivity contribution in [3.05, 3.63) is 64.3 Å². The molecule has 7 nitrogen and oxygen atoms in total. The van der Waals surface area contributed by atoms with E-state index in [-0.39, 0.29) is 23.2 Å². The van der Waals surface area contributed by atoms with Gasteiger partial charge in [0.1, 0.15) is 11.3 Å². The molecule has 4 rings (SSSR count). The fourth-order valence-electron chi connectivity index (χ4n) is 3.67. The Morgan fingerprint density at radius 2 is 2.07 bits per heavy atom. The molecule has 2 aromatic heterocycles. The number of rotatable bonds is 4. The first-order chi connectivity index (χ1) is 14.0. The highest BCUT2D eigenvalue weighted by Crippen LogP contribution is 2.21. The van der Waals surface area contributed by atoms with Gasteiger partial charge in [0.2, 0.25) is 5.91 Å². The van der Waals surface area contributed by atoms with Gasteiger partial charge >= 0.3 is 0 Å². The van der Waals surface area contributed by atoms with Crippen LogP contribution < -0.4 is 15.8 Å². The summed E-state index contributed by atoms with van der Waals surface area (Å²) >= 11 is 0. The maximum atomic E-state index is 13.0. The number of halogens is 1. The molecule has 0 bridgehead atoms. The molecule has 0 radical (unpaired) electrons. The van der Waals surface area contributed by atoms with Gasteiger partial charge in [-0.15, -0.1) is 0 Å². The van der Waals surface area contributed by atoms with Gasteiger partial charge in [0.05, 0.1) is 5.92 Å². The molecule has 1 amide bonds. The highest BCUT2D eigenvalue weighted by Gasteiger charge is 2.28. The zero-order valence-corrected chi connectivity index (χ0v) is 16.1. The molecule has 1 aromatic carbocycles. The van der Waals surface area contributed by atoms with Crippen LogP contribution in [-0.4, -0.2) is 33.5 Å². The minimum Gasteiger partial charge on any atom is -0.352 e. The highest BCUT2D eigenvalue weighted by molar-refractivity contribution is 5.79. The first-order valence-electron chi connectivity index (χ1n) is 9.62. The summed E-state index contributed by atoms with van der Waals surface area (Å²) in [5, 5.41) is 2.91. The van der Waals surface area contributed by atoms with Crippen LogP contribution in [0.4, 0.5) is 10.2 Å². The first-order valence-corrected chi connectivity index (χ1v) is 9.62. The maximum Gasteiger partial charge on any atom is 0.294 e. The van der Waals surface area contributed by atoms with Crippen molar-refractivity contribution < 1.29 is 9.18 Å². The number of nitrogens with zero attached hydrogens (tertiary/aromatic N) is 4. The molecular formula is C21H22FN5O2. The predicted octanol–water partition coefficient (Wildman–Crippen LogP) is 2.00. The van der Waals surface area contributed by atoms with Gasteiger partial charge in [-0.05, 0) is 42.7 Å². The Kier molecular flexibility index (Phi) is 5.24. The van der Waals surface area contributed by atoms with Gasteiger partial charge in [-0.2, -0.15) is 0 Å². The number of nitrogens with one attached hydrogen (secondary N) is 1. The molecule has 0 saturated carbocycles. The lowest BCUT2D eigenvalue weighted by molar-refractivity contribution is -0.125. The number of carbonyl (C=O) groups excluding carboxylic acids is 1. The molecule has 3 aromatic rings. The number of hydrogen-bond acceptors (Lipinski definition) is 5. The van der Waals surface area contributed by atoms with Crippen LogP contribution in [0.25, 0.3) is 11.2 Å². The Labute approximate surface area is 167 Å². The number of fused-ring (bicyclic) bond motifs is 1. The second-order valence-electron chi connectivity index (χ2n) is 7.28. The van der Waals surface area contributed by atoms with Crippen molar-refractivity contribution in [2.45, 2.75) is 19.4 Å². The number of pyridine rings is 1. The zero-order valence-electron chi connectivity index (χ0n) is 16.1. The molecule has 1 N–H and O–H groups in total. The Hall–Kier alpha value is -3.29. The molecule has 1 saturated heterocycles. The Balaban J connectivity index is 1.49. The van der Waals surface area contributed by atoms with E-state index in [4.69, 9.17) is 0 Å². The number of benzene rings is 1. The van der Waals surface area contributed by atoms with Crippen molar-refractivity contribution in [1.82, 2.24) is 19.9 Å². The van der Waals surface area contributed by atoms with E-state index in [1.165, 1.54) is 16.7 Å². The molecule has 0 spiro atoms. The molecule has 1 atom stereocenters. The van der Waals surface area contributed by atoms with Crippen LogP contribution in [-0.2, 0) is 18.4 Å².